The SMILES string of the molecule is CCCON=C(C(=O)O)C(=O)C(C)Cl. The van der Waals surface area contributed by atoms with E-state index < -0.39 is 22.8 Å². The average molecular weight is 222 g/mol. The number of hydrogen-bond acceptors (Lipinski definition) is 4. The van der Waals surface area contributed by atoms with Crippen LogP contribution in [-0.2, 0) is 14.4 Å². The van der Waals surface area contributed by atoms with Crippen LogP contribution in [0.5, 0.6) is 0 Å². The summed E-state index contributed by atoms with van der Waals surface area (Å²) in [6.07, 6.45) is 0.682. The molecule has 0 radical (unpaired) electrons. The average Bonchev–Trinajstić information content (AvgIpc) is 2.10. The van der Waals surface area contributed by atoms with E-state index in [0.717, 1.165) is 0 Å². The van der Waals surface area contributed by atoms with Gasteiger partial charge in [0, 0.05) is 0 Å². The summed E-state index contributed by atoms with van der Waals surface area (Å²) in [5.74, 6) is -2.19. The number of carboxylic acids is 1. The van der Waals surface area contributed by atoms with Gasteiger partial charge in [-0.05, 0) is 13.3 Å². The number of carboxylic acid groups (broad SMARTS) is 1. The van der Waals surface area contributed by atoms with Gasteiger partial charge in [-0.15, -0.1) is 11.6 Å². The number of carbonyl (C=O) groups excluding carboxylic acids is 1. The van der Waals surface area contributed by atoms with Gasteiger partial charge in [-0.1, -0.05) is 12.1 Å². The molecule has 0 rings (SSSR count). The Morgan fingerprint density at radius 3 is 2.50 bits per heavy atom. The number of nitrogens with zero attached hydrogens (tertiary/aromatic N) is 1. The van der Waals surface area contributed by atoms with Gasteiger partial charge in [-0.2, -0.15) is 0 Å². The first-order valence-electron chi connectivity index (χ1n) is 4.12. The molecule has 1 N–H and O–H groups in total. The molecule has 0 amide bonds. The third-order valence-corrected chi connectivity index (χ3v) is 1.45. The van der Waals surface area contributed by atoms with Gasteiger partial charge in [0.1, 0.15) is 6.61 Å². The maximum atomic E-state index is 11.2. The van der Waals surface area contributed by atoms with Gasteiger partial charge in [0.2, 0.25) is 11.5 Å². The first kappa shape index (κ1) is 12.9. The van der Waals surface area contributed by atoms with Crippen molar-refractivity contribution in [3.8, 4) is 0 Å². The van der Waals surface area contributed by atoms with Crippen LogP contribution in [0.2, 0.25) is 0 Å². The Balaban J connectivity index is 4.51. The molecule has 0 spiro atoms. The fourth-order valence-electron chi connectivity index (χ4n) is 0.579. The summed E-state index contributed by atoms with van der Waals surface area (Å²) in [4.78, 5) is 26.3. The topological polar surface area (TPSA) is 76.0 Å². The molecule has 0 saturated carbocycles. The Morgan fingerprint density at radius 1 is 1.57 bits per heavy atom. The normalized spacial score (nSPS) is 13.5. The lowest BCUT2D eigenvalue weighted by molar-refractivity contribution is -0.130. The molecule has 0 saturated heterocycles. The van der Waals surface area contributed by atoms with Gasteiger partial charge in [-0.3, -0.25) is 4.79 Å². The lowest BCUT2D eigenvalue weighted by Crippen LogP contribution is -2.29. The zero-order chi connectivity index (χ0) is 11.1. The van der Waals surface area contributed by atoms with Crippen LogP contribution in [0.4, 0.5) is 0 Å². The van der Waals surface area contributed by atoms with E-state index in [2.05, 4.69) is 9.99 Å². The number of hydrogen-bond donors (Lipinski definition) is 1. The van der Waals surface area contributed by atoms with Crippen LogP contribution in [0.15, 0.2) is 5.16 Å². The fourth-order valence-corrected chi connectivity index (χ4v) is 0.683. The summed E-state index contributed by atoms with van der Waals surface area (Å²) in [5, 5.41) is 10.9. The van der Waals surface area contributed by atoms with Crippen molar-refractivity contribution in [1.82, 2.24) is 0 Å². The van der Waals surface area contributed by atoms with Gasteiger partial charge in [-0.25, -0.2) is 4.79 Å². The van der Waals surface area contributed by atoms with E-state index in [1.54, 1.807) is 0 Å². The number of Topliss-reactive ketones (excluding diaryl/α,β-unsaturated/α-hetero) is 1. The molecule has 0 aromatic heterocycles. The van der Waals surface area contributed by atoms with Crippen LogP contribution in [-0.4, -0.2) is 34.6 Å². The molecule has 0 aromatic rings. The highest BCUT2D eigenvalue weighted by Gasteiger charge is 2.24. The largest absolute Gasteiger partial charge is 0.476 e. The molecular formula is C8H12ClNO4. The van der Waals surface area contributed by atoms with Gasteiger partial charge in [0.05, 0.1) is 5.38 Å². The van der Waals surface area contributed by atoms with Gasteiger partial charge in [0.25, 0.3) is 0 Å². The highest BCUT2D eigenvalue weighted by atomic mass is 35.5. The van der Waals surface area contributed by atoms with Crippen molar-refractivity contribution >= 4 is 29.1 Å². The van der Waals surface area contributed by atoms with Crippen molar-refractivity contribution in [2.75, 3.05) is 6.61 Å². The number of alkyl halides is 1. The minimum Gasteiger partial charge on any atom is -0.476 e. The number of oxime groups is 1. The van der Waals surface area contributed by atoms with Crippen molar-refractivity contribution in [2.45, 2.75) is 25.6 Å². The lowest BCUT2D eigenvalue weighted by Gasteiger charge is -2.02. The van der Waals surface area contributed by atoms with Crippen LogP contribution in [0, 0.1) is 0 Å². The van der Waals surface area contributed by atoms with Crippen molar-refractivity contribution in [3.63, 3.8) is 0 Å². The van der Waals surface area contributed by atoms with E-state index in [4.69, 9.17) is 16.7 Å². The van der Waals surface area contributed by atoms with Crippen LogP contribution in [0.1, 0.15) is 20.3 Å². The molecule has 0 fully saturated rings. The Hall–Kier alpha value is -1.10. The van der Waals surface area contributed by atoms with E-state index in [0.29, 0.717) is 6.42 Å². The maximum absolute atomic E-state index is 11.2. The smallest absolute Gasteiger partial charge is 0.361 e. The Kier molecular flexibility index (Phi) is 5.87. The molecule has 5 nitrogen and oxygen atoms in total. The summed E-state index contributed by atoms with van der Waals surface area (Å²) in [6.45, 7) is 3.48. The van der Waals surface area contributed by atoms with Crippen molar-refractivity contribution in [1.29, 1.82) is 0 Å². The Bertz CT molecular complexity index is 250. The Labute approximate surface area is 86.7 Å². The van der Waals surface area contributed by atoms with E-state index >= 15 is 0 Å². The second-order valence-electron chi connectivity index (χ2n) is 2.56. The summed E-state index contributed by atoms with van der Waals surface area (Å²) >= 11 is 5.43. The summed E-state index contributed by atoms with van der Waals surface area (Å²) < 4.78 is 0. The summed E-state index contributed by atoms with van der Waals surface area (Å²) in [5.41, 5.74) is -0.666. The summed E-state index contributed by atoms with van der Waals surface area (Å²) in [6, 6.07) is 0. The third-order valence-electron chi connectivity index (χ3n) is 1.25. The van der Waals surface area contributed by atoms with Gasteiger partial charge in [0.15, 0.2) is 0 Å². The van der Waals surface area contributed by atoms with Crippen LogP contribution in [0.3, 0.4) is 0 Å². The molecular weight excluding hydrogens is 210 g/mol. The molecule has 0 heterocycles. The van der Waals surface area contributed by atoms with Crippen LogP contribution in [0.25, 0.3) is 0 Å². The second kappa shape index (κ2) is 6.37. The molecule has 6 heteroatoms. The van der Waals surface area contributed by atoms with Gasteiger partial charge >= 0.3 is 5.97 Å². The van der Waals surface area contributed by atoms with Crippen LogP contribution >= 0.6 is 11.6 Å². The number of rotatable bonds is 6. The molecule has 1 unspecified atom stereocenters. The lowest BCUT2D eigenvalue weighted by atomic mass is 10.2. The zero-order valence-corrected chi connectivity index (χ0v) is 8.74. The summed E-state index contributed by atoms with van der Waals surface area (Å²) in [7, 11) is 0. The number of ketones is 1. The molecule has 0 bridgehead atoms. The number of aliphatic carboxylic acids is 1. The predicted octanol–water partition coefficient (Wildman–Crippen LogP) is 1.05. The molecule has 1 atom stereocenters. The zero-order valence-electron chi connectivity index (χ0n) is 7.99. The number of carbonyl (C=O) groups is 2. The molecule has 0 aliphatic rings. The van der Waals surface area contributed by atoms with E-state index in [1.807, 2.05) is 6.92 Å². The predicted molar refractivity (Wildman–Crippen MR) is 51.6 cm³/mol. The highest BCUT2D eigenvalue weighted by molar-refractivity contribution is 6.68. The minimum absolute atomic E-state index is 0.265. The molecule has 0 aromatic carbocycles. The standard InChI is InChI=1S/C8H12ClNO4/c1-3-4-14-10-6(8(12)13)7(11)5(2)9/h5H,3-4H2,1-2H3,(H,12,13). The molecule has 80 valence electrons. The second-order valence-corrected chi connectivity index (χ2v) is 3.21. The Morgan fingerprint density at radius 2 is 2.14 bits per heavy atom. The highest BCUT2D eigenvalue weighted by Crippen LogP contribution is 1.99. The van der Waals surface area contributed by atoms with Crippen molar-refractivity contribution < 1.29 is 19.5 Å². The van der Waals surface area contributed by atoms with Crippen LogP contribution < -0.4 is 0 Å². The van der Waals surface area contributed by atoms with E-state index in [1.165, 1.54) is 6.92 Å². The van der Waals surface area contributed by atoms with E-state index in [9.17, 15) is 9.59 Å². The quantitative estimate of drug-likeness (QED) is 0.239. The maximum Gasteiger partial charge on any atom is 0.361 e. The monoisotopic (exact) mass is 221 g/mol. The molecule has 0 aliphatic carbocycles. The minimum atomic E-state index is -1.43. The number of halogens is 1. The van der Waals surface area contributed by atoms with Gasteiger partial charge < -0.3 is 9.94 Å². The van der Waals surface area contributed by atoms with Crippen molar-refractivity contribution in [2.24, 2.45) is 5.16 Å². The van der Waals surface area contributed by atoms with Crippen molar-refractivity contribution in [3.05, 3.63) is 0 Å². The molecule has 0 aliphatic heterocycles. The molecule has 14 heavy (non-hydrogen) atoms. The first-order valence-corrected chi connectivity index (χ1v) is 4.55. The first-order chi connectivity index (χ1) is 6.50. The third kappa shape index (κ3) is 4.23. The van der Waals surface area contributed by atoms with E-state index in [-0.39, 0.29) is 6.61 Å². The fraction of sp³-hybridized carbons (Fsp3) is 0.625.